The van der Waals surface area contributed by atoms with Crippen LogP contribution >= 0.6 is 0 Å². The van der Waals surface area contributed by atoms with Gasteiger partial charge in [0.05, 0.1) is 6.54 Å². The van der Waals surface area contributed by atoms with E-state index in [2.05, 4.69) is 10.2 Å². The molecule has 6 heteroatoms. The Bertz CT molecular complexity index is 795. The second-order valence-electron chi connectivity index (χ2n) is 7.21. The van der Waals surface area contributed by atoms with Crippen LogP contribution in [-0.2, 0) is 9.59 Å². The zero-order valence-corrected chi connectivity index (χ0v) is 15.7. The summed E-state index contributed by atoms with van der Waals surface area (Å²) < 4.78 is 0. The maximum atomic E-state index is 12.4. The Morgan fingerprint density at radius 2 is 1.85 bits per heavy atom. The van der Waals surface area contributed by atoms with Gasteiger partial charge in [-0.3, -0.25) is 14.5 Å². The summed E-state index contributed by atoms with van der Waals surface area (Å²) in [5.41, 5.74) is 0.854. The number of carbonyl (C=O) groups excluding carboxylic acids is 1. The lowest BCUT2D eigenvalue weighted by Gasteiger charge is -2.36. The van der Waals surface area contributed by atoms with Gasteiger partial charge in [-0.2, -0.15) is 0 Å². The lowest BCUT2D eigenvalue weighted by atomic mass is 10.0. The zero-order valence-electron chi connectivity index (χ0n) is 15.7. The van der Waals surface area contributed by atoms with Crippen LogP contribution in [0, 0.1) is 0 Å². The summed E-state index contributed by atoms with van der Waals surface area (Å²) in [6.45, 7) is 2.61. The smallest absolute Gasteiger partial charge is 0.317 e. The average molecular weight is 369 g/mol. The fraction of sp³-hybridized carbons (Fsp3) is 0.429. The number of likely N-dealkylation sites (N-methyl/N-ethyl adjacent to an activating group) is 1. The molecular weight excluding hydrogens is 342 g/mol. The number of amides is 1. The highest BCUT2D eigenvalue weighted by Crippen LogP contribution is 2.23. The molecule has 0 atom stereocenters. The number of likely N-dealkylation sites (tertiary alicyclic amines) is 1. The lowest BCUT2D eigenvalue weighted by Crippen LogP contribution is -2.45. The summed E-state index contributed by atoms with van der Waals surface area (Å²) in [4.78, 5) is 27.4. The molecule has 2 aromatic carbocycles. The molecule has 0 aromatic heterocycles. The van der Waals surface area contributed by atoms with Crippen molar-refractivity contribution >= 4 is 28.3 Å². The monoisotopic (exact) mass is 369 g/mol. The molecular formula is C21H27N3O3. The van der Waals surface area contributed by atoms with Gasteiger partial charge in [-0.05, 0) is 44.4 Å². The SMILES string of the molecule is CN(CC(=O)O)C1CCN(CCC(=O)Nc2cccc3ccccc23)CC1. The van der Waals surface area contributed by atoms with E-state index in [9.17, 15) is 9.59 Å². The van der Waals surface area contributed by atoms with Gasteiger partial charge < -0.3 is 15.3 Å². The van der Waals surface area contributed by atoms with Crippen molar-refractivity contribution in [2.45, 2.75) is 25.3 Å². The van der Waals surface area contributed by atoms with Crippen molar-refractivity contribution < 1.29 is 14.7 Å². The molecule has 2 N–H and O–H groups in total. The number of aliphatic carboxylic acids is 1. The number of fused-ring (bicyclic) bond motifs is 1. The number of anilines is 1. The molecule has 3 rings (SSSR count). The second-order valence-corrected chi connectivity index (χ2v) is 7.21. The van der Waals surface area contributed by atoms with Gasteiger partial charge in [0, 0.05) is 30.1 Å². The molecule has 0 unspecified atom stereocenters. The molecule has 0 spiro atoms. The van der Waals surface area contributed by atoms with Gasteiger partial charge >= 0.3 is 5.97 Å². The third-order valence-corrected chi connectivity index (χ3v) is 5.28. The number of nitrogens with zero attached hydrogens (tertiary/aromatic N) is 2. The summed E-state index contributed by atoms with van der Waals surface area (Å²) in [5, 5.41) is 14.1. The number of carbonyl (C=O) groups is 2. The lowest BCUT2D eigenvalue weighted by molar-refractivity contribution is -0.138. The number of carboxylic acid groups (broad SMARTS) is 1. The maximum Gasteiger partial charge on any atom is 0.317 e. The van der Waals surface area contributed by atoms with E-state index in [0.717, 1.165) is 48.9 Å². The predicted octanol–water partition coefficient (Wildman–Crippen LogP) is 2.65. The van der Waals surface area contributed by atoms with Crippen molar-refractivity contribution in [3.8, 4) is 0 Å². The third kappa shape index (κ3) is 5.28. The molecule has 1 aliphatic heterocycles. The first kappa shape index (κ1) is 19.3. The second kappa shape index (κ2) is 8.97. The van der Waals surface area contributed by atoms with E-state index in [1.54, 1.807) is 0 Å². The Morgan fingerprint density at radius 1 is 1.15 bits per heavy atom. The van der Waals surface area contributed by atoms with E-state index in [1.165, 1.54) is 0 Å². The van der Waals surface area contributed by atoms with E-state index in [0.29, 0.717) is 12.5 Å². The van der Waals surface area contributed by atoms with Gasteiger partial charge in [0.25, 0.3) is 0 Å². The molecule has 6 nitrogen and oxygen atoms in total. The normalized spacial score (nSPS) is 15.9. The first-order valence-corrected chi connectivity index (χ1v) is 9.45. The summed E-state index contributed by atoms with van der Waals surface area (Å²) in [6.07, 6.45) is 2.34. The number of hydrogen-bond donors (Lipinski definition) is 2. The van der Waals surface area contributed by atoms with Crippen LogP contribution in [0.1, 0.15) is 19.3 Å². The van der Waals surface area contributed by atoms with Crippen molar-refractivity contribution in [3.63, 3.8) is 0 Å². The van der Waals surface area contributed by atoms with Crippen molar-refractivity contribution in [1.82, 2.24) is 9.80 Å². The van der Waals surface area contributed by atoms with E-state index >= 15 is 0 Å². The molecule has 144 valence electrons. The van der Waals surface area contributed by atoms with E-state index in [-0.39, 0.29) is 12.5 Å². The van der Waals surface area contributed by atoms with Crippen molar-refractivity contribution in [1.29, 1.82) is 0 Å². The van der Waals surface area contributed by atoms with Crippen LogP contribution in [0.5, 0.6) is 0 Å². The maximum absolute atomic E-state index is 12.4. The molecule has 1 saturated heterocycles. The Balaban J connectivity index is 1.45. The van der Waals surface area contributed by atoms with Crippen LogP contribution in [0.25, 0.3) is 10.8 Å². The number of hydrogen-bond acceptors (Lipinski definition) is 4. The van der Waals surface area contributed by atoms with Crippen LogP contribution in [0.3, 0.4) is 0 Å². The van der Waals surface area contributed by atoms with Crippen LogP contribution in [0.2, 0.25) is 0 Å². The standard InChI is InChI=1S/C21H27N3O3/c1-23(15-21(26)27)17-9-12-24(13-10-17)14-11-20(25)22-19-8-4-6-16-5-2-3-7-18(16)19/h2-8,17H,9-15H2,1H3,(H,22,25)(H,26,27). The fourth-order valence-corrected chi connectivity index (χ4v) is 3.73. The molecule has 1 heterocycles. The zero-order chi connectivity index (χ0) is 19.2. The van der Waals surface area contributed by atoms with E-state index < -0.39 is 5.97 Å². The third-order valence-electron chi connectivity index (χ3n) is 5.28. The Morgan fingerprint density at radius 3 is 2.59 bits per heavy atom. The van der Waals surface area contributed by atoms with Crippen LogP contribution < -0.4 is 5.32 Å². The van der Waals surface area contributed by atoms with Gasteiger partial charge in [0.2, 0.25) is 5.91 Å². The molecule has 0 saturated carbocycles. The Hall–Kier alpha value is -2.44. The highest BCUT2D eigenvalue weighted by atomic mass is 16.4. The minimum absolute atomic E-state index is 0.0245. The van der Waals surface area contributed by atoms with E-state index in [1.807, 2.05) is 54.4 Å². The van der Waals surface area contributed by atoms with Gasteiger partial charge in [-0.15, -0.1) is 0 Å². The molecule has 0 bridgehead atoms. The minimum Gasteiger partial charge on any atom is -0.480 e. The minimum atomic E-state index is -0.787. The molecule has 27 heavy (non-hydrogen) atoms. The number of rotatable bonds is 7. The molecule has 1 aliphatic rings. The van der Waals surface area contributed by atoms with Crippen LogP contribution in [0.4, 0.5) is 5.69 Å². The topological polar surface area (TPSA) is 72.9 Å². The molecule has 0 radical (unpaired) electrons. The predicted molar refractivity (Wildman–Crippen MR) is 107 cm³/mol. The van der Waals surface area contributed by atoms with Crippen molar-refractivity contribution in [2.75, 3.05) is 38.5 Å². The highest BCUT2D eigenvalue weighted by molar-refractivity contribution is 6.02. The fourth-order valence-electron chi connectivity index (χ4n) is 3.73. The number of benzene rings is 2. The Labute approximate surface area is 159 Å². The first-order valence-electron chi connectivity index (χ1n) is 9.45. The van der Waals surface area contributed by atoms with Gasteiger partial charge in [0.1, 0.15) is 0 Å². The van der Waals surface area contributed by atoms with Crippen LogP contribution in [0.15, 0.2) is 42.5 Å². The molecule has 1 amide bonds. The quantitative estimate of drug-likeness (QED) is 0.785. The van der Waals surface area contributed by atoms with E-state index in [4.69, 9.17) is 5.11 Å². The van der Waals surface area contributed by atoms with Gasteiger partial charge in [-0.25, -0.2) is 0 Å². The highest BCUT2D eigenvalue weighted by Gasteiger charge is 2.23. The molecule has 0 aliphatic carbocycles. The molecule has 2 aromatic rings. The van der Waals surface area contributed by atoms with Crippen LogP contribution in [-0.4, -0.2) is 66.1 Å². The number of carboxylic acids is 1. The summed E-state index contributed by atoms with van der Waals surface area (Å²) in [7, 11) is 1.87. The first-order chi connectivity index (χ1) is 13.0. The van der Waals surface area contributed by atoms with Crippen molar-refractivity contribution in [3.05, 3.63) is 42.5 Å². The van der Waals surface area contributed by atoms with Gasteiger partial charge in [0.15, 0.2) is 0 Å². The molecule has 1 fully saturated rings. The largest absolute Gasteiger partial charge is 0.480 e. The summed E-state index contributed by atoms with van der Waals surface area (Å²) >= 11 is 0. The average Bonchev–Trinajstić information content (AvgIpc) is 2.66. The van der Waals surface area contributed by atoms with Gasteiger partial charge in [-0.1, -0.05) is 36.4 Å². The van der Waals surface area contributed by atoms with Crippen molar-refractivity contribution in [2.24, 2.45) is 0 Å². The summed E-state index contributed by atoms with van der Waals surface area (Å²) in [5.74, 6) is -0.762. The number of piperidine rings is 1. The number of nitrogens with one attached hydrogen (secondary N) is 1. The summed E-state index contributed by atoms with van der Waals surface area (Å²) in [6, 6.07) is 14.3. The Kier molecular flexibility index (Phi) is 6.42.